The Kier molecular flexibility index (Phi) is 9.39. The van der Waals surface area contributed by atoms with Crippen LogP contribution in [0.2, 0.25) is 10.0 Å². The van der Waals surface area contributed by atoms with Crippen LogP contribution in [0, 0.1) is 18.3 Å². The van der Waals surface area contributed by atoms with E-state index in [9.17, 15) is 9.59 Å². The van der Waals surface area contributed by atoms with Gasteiger partial charge in [0.05, 0.1) is 16.8 Å². The van der Waals surface area contributed by atoms with E-state index in [1.807, 2.05) is 13.8 Å². The summed E-state index contributed by atoms with van der Waals surface area (Å²) in [6.07, 6.45) is 7.08. The zero-order valence-corrected chi connectivity index (χ0v) is 18.7. The van der Waals surface area contributed by atoms with Gasteiger partial charge in [-0.3, -0.25) is 9.59 Å². The van der Waals surface area contributed by atoms with Crippen molar-refractivity contribution in [2.75, 3.05) is 6.61 Å². The maximum atomic E-state index is 12.6. The summed E-state index contributed by atoms with van der Waals surface area (Å²) in [6, 6.07) is 10.8. The van der Waals surface area contributed by atoms with Crippen LogP contribution in [0.1, 0.15) is 36.2 Å². The summed E-state index contributed by atoms with van der Waals surface area (Å²) in [4.78, 5) is 25.2. The molecule has 8 heteroatoms. The molecule has 0 radical (unpaired) electrons. The zero-order valence-electron chi connectivity index (χ0n) is 17.2. The molecule has 0 aliphatic carbocycles. The first-order valence-electron chi connectivity index (χ1n) is 9.55. The number of hydrazone groups is 1. The highest BCUT2D eigenvalue weighted by Gasteiger charge is 2.23. The first-order valence-corrected chi connectivity index (χ1v) is 10.3. The molecular formula is C23H23Cl2N3O3. The van der Waals surface area contributed by atoms with Crippen molar-refractivity contribution in [2.45, 2.75) is 26.3 Å². The molecule has 0 aromatic heterocycles. The molecule has 2 aromatic carbocycles. The molecule has 0 bridgehead atoms. The number of carbonyl (C=O) groups is 2. The highest BCUT2D eigenvalue weighted by atomic mass is 35.5. The minimum atomic E-state index is -0.782. The normalized spacial score (nSPS) is 11.7. The van der Waals surface area contributed by atoms with Gasteiger partial charge >= 0.3 is 0 Å². The van der Waals surface area contributed by atoms with E-state index < -0.39 is 17.9 Å². The zero-order chi connectivity index (χ0) is 22.8. The summed E-state index contributed by atoms with van der Waals surface area (Å²) in [5.74, 6) is 2.30. The molecule has 0 saturated heterocycles. The molecular weight excluding hydrogens is 437 g/mol. The Hall–Kier alpha value is -3.01. The van der Waals surface area contributed by atoms with Crippen LogP contribution in [-0.2, 0) is 4.79 Å². The molecule has 1 atom stereocenters. The van der Waals surface area contributed by atoms with Gasteiger partial charge in [0.1, 0.15) is 18.4 Å². The maximum absolute atomic E-state index is 12.6. The number of rotatable bonds is 9. The number of hydrogen-bond donors (Lipinski definition) is 2. The lowest BCUT2D eigenvalue weighted by molar-refractivity contribution is -0.123. The van der Waals surface area contributed by atoms with Crippen molar-refractivity contribution < 1.29 is 14.3 Å². The molecule has 0 spiro atoms. The lowest BCUT2D eigenvalue weighted by Crippen LogP contribution is -2.46. The SMILES string of the molecule is C#CCOc1ccc(/C=N\NC(=O)[C@H](CC(C)C)NC(=O)c2ccc(Cl)cc2Cl)cc1. The van der Waals surface area contributed by atoms with Crippen LogP contribution in [-0.4, -0.2) is 30.7 Å². The quantitative estimate of drug-likeness (QED) is 0.333. The Labute approximate surface area is 192 Å². The summed E-state index contributed by atoms with van der Waals surface area (Å²) < 4.78 is 5.30. The Balaban J connectivity index is 2.01. The summed E-state index contributed by atoms with van der Waals surface area (Å²) in [7, 11) is 0. The molecule has 0 aliphatic heterocycles. The number of hydrogen-bond acceptors (Lipinski definition) is 4. The van der Waals surface area contributed by atoms with Crippen molar-refractivity contribution in [3.63, 3.8) is 0 Å². The number of halogens is 2. The van der Waals surface area contributed by atoms with E-state index in [0.717, 1.165) is 5.56 Å². The monoisotopic (exact) mass is 459 g/mol. The van der Waals surface area contributed by atoms with E-state index in [0.29, 0.717) is 17.2 Å². The summed E-state index contributed by atoms with van der Waals surface area (Å²) in [5.41, 5.74) is 3.46. The molecule has 0 aliphatic rings. The number of terminal acetylenes is 1. The minimum absolute atomic E-state index is 0.163. The van der Waals surface area contributed by atoms with Crippen molar-refractivity contribution in [2.24, 2.45) is 11.0 Å². The van der Waals surface area contributed by atoms with E-state index in [1.54, 1.807) is 30.3 Å². The standard InChI is InChI=1S/C23H23Cl2N3O3/c1-4-11-31-18-8-5-16(6-9-18)14-26-28-23(30)21(12-15(2)3)27-22(29)19-10-7-17(24)13-20(19)25/h1,5-10,13-15,21H,11-12H2,2-3H3,(H,27,29)(H,28,30)/b26-14-/t21-/m0/s1. The number of carbonyl (C=O) groups excluding carboxylic acids is 2. The van der Waals surface area contributed by atoms with Crippen molar-refractivity contribution in [1.29, 1.82) is 0 Å². The van der Waals surface area contributed by atoms with Gasteiger partial charge in [0.15, 0.2) is 0 Å². The maximum Gasteiger partial charge on any atom is 0.262 e. The van der Waals surface area contributed by atoms with Gasteiger partial charge in [0, 0.05) is 5.02 Å². The predicted octanol–water partition coefficient (Wildman–Crippen LogP) is 4.30. The number of amides is 2. The second-order valence-corrected chi connectivity index (χ2v) is 7.92. The fourth-order valence-electron chi connectivity index (χ4n) is 2.64. The van der Waals surface area contributed by atoms with Crippen LogP contribution in [0.15, 0.2) is 47.6 Å². The summed E-state index contributed by atoms with van der Waals surface area (Å²) in [5, 5.41) is 7.32. The molecule has 0 unspecified atom stereocenters. The van der Waals surface area contributed by atoms with Gasteiger partial charge in [-0.15, -0.1) is 6.42 Å². The molecule has 2 rings (SSSR count). The number of benzene rings is 2. The Morgan fingerprint density at radius 3 is 2.52 bits per heavy atom. The molecule has 0 saturated carbocycles. The third-order valence-electron chi connectivity index (χ3n) is 4.10. The van der Waals surface area contributed by atoms with Crippen molar-refractivity contribution in [3.8, 4) is 18.1 Å². The number of ether oxygens (including phenoxy) is 1. The molecule has 162 valence electrons. The lowest BCUT2D eigenvalue weighted by atomic mass is 10.0. The van der Waals surface area contributed by atoms with E-state index >= 15 is 0 Å². The van der Waals surface area contributed by atoms with Crippen molar-refractivity contribution in [1.82, 2.24) is 10.7 Å². The van der Waals surface area contributed by atoms with E-state index in [2.05, 4.69) is 21.8 Å². The van der Waals surface area contributed by atoms with E-state index in [-0.39, 0.29) is 23.1 Å². The molecule has 0 fully saturated rings. The molecule has 0 heterocycles. The minimum Gasteiger partial charge on any atom is -0.481 e. The topological polar surface area (TPSA) is 79.8 Å². The molecule has 2 amide bonds. The average molecular weight is 460 g/mol. The van der Waals surface area contributed by atoms with Crippen LogP contribution in [0.25, 0.3) is 0 Å². The lowest BCUT2D eigenvalue weighted by Gasteiger charge is -2.19. The van der Waals surface area contributed by atoms with Crippen LogP contribution < -0.4 is 15.5 Å². The first kappa shape index (κ1) is 24.3. The first-order chi connectivity index (χ1) is 14.8. The Morgan fingerprint density at radius 1 is 1.19 bits per heavy atom. The highest BCUT2D eigenvalue weighted by molar-refractivity contribution is 6.36. The second-order valence-electron chi connectivity index (χ2n) is 7.08. The van der Waals surface area contributed by atoms with E-state index in [4.69, 9.17) is 34.4 Å². The van der Waals surface area contributed by atoms with E-state index in [1.165, 1.54) is 18.3 Å². The van der Waals surface area contributed by atoms with Gasteiger partial charge in [0.2, 0.25) is 0 Å². The van der Waals surface area contributed by atoms with Crippen molar-refractivity contribution in [3.05, 3.63) is 63.6 Å². The predicted molar refractivity (Wildman–Crippen MR) is 124 cm³/mol. The van der Waals surface area contributed by atoms with Gasteiger partial charge in [-0.1, -0.05) is 43.0 Å². The molecule has 2 N–H and O–H groups in total. The van der Waals surface area contributed by atoms with Gasteiger partial charge in [0.25, 0.3) is 11.8 Å². The highest BCUT2D eigenvalue weighted by Crippen LogP contribution is 2.21. The number of nitrogens with zero attached hydrogens (tertiary/aromatic N) is 1. The average Bonchev–Trinajstić information content (AvgIpc) is 2.72. The summed E-state index contributed by atoms with van der Waals surface area (Å²) in [6.45, 7) is 4.09. The van der Waals surface area contributed by atoms with Crippen LogP contribution >= 0.6 is 23.2 Å². The fraction of sp³-hybridized carbons (Fsp3) is 0.261. The van der Waals surface area contributed by atoms with Crippen LogP contribution in [0.3, 0.4) is 0 Å². The Bertz CT molecular complexity index is 983. The third-order valence-corrected chi connectivity index (χ3v) is 4.64. The van der Waals surface area contributed by atoms with Crippen LogP contribution in [0.5, 0.6) is 5.75 Å². The fourth-order valence-corrected chi connectivity index (χ4v) is 3.13. The molecule has 6 nitrogen and oxygen atoms in total. The summed E-state index contributed by atoms with van der Waals surface area (Å²) >= 11 is 12.0. The van der Waals surface area contributed by atoms with Gasteiger partial charge < -0.3 is 10.1 Å². The van der Waals surface area contributed by atoms with Crippen LogP contribution in [0.4, 0.5) is 0 Å². The third kappa shape index (κ3) is 7.97. The smallest absolute Gasteiger partial charge is 0.262 e. The molecule has 2 aromatic rings. The van der Waals surface area contributed by atoms with Gasteiger partial charge in [-0.2, -0.15) is 5.10 Å². The van der Waals surface area contributed by atoms with Gasteiger partial charge in [-0.05, 0) is 60.4 Å². The van der Waals surface area contributed by atoms with Crippen molar-refractivity contribution >= 4 is 41.2 Å². The number of nitrogens with one attached hydrogen (secondary N) is 2. The van der Waals surface area contributed by atoms with Gasteiger partial charge in [-0.25, -0.2) is 5.43 Å². The Morgan fingerprint density at radius 2 is 1.90 bits per heavy atom. The largest absolute Gasteiger partial charge is 0.481 e. The second kappa shape index (κ2) is 12.0. The molecule has 31 heavy (non-hydrogen) atoms.